The molecule has 0 fully saturated rings. The number of phenolic OH excluding ortho intramolecular Hbond substituents is 1. The summed E-state index contributed by atoms with van der Waals surface area (Å²) in [4.78, 5) is 16.7. The number of aryl methyl sites for hydroxylation is 1. The third kappa shape index (κ3) is 8.19. The normalized spacial score (nSPS) is 12.8. The molecule has 7 nitrogen and oxygen atoms in total. The van der Waals surface area contributed by atoms with Gasteiger partial charge in [0.05, 0.1) is 50.0 Å². The summed E-state index contributed by atoms with van der Waals surface area (Å²) in [5.41, 5.74) is 16.0. The second-order valence-corrected chi connectivity index (χ2v) is 24.1. The van der Waals surface area contributed by atoms with E-state index in [1.54, 1.807) is 0 Å². The van der Waals surface area contributed by atoms with Crippen LogP contribution in [0.5, 0.6) is 5.75 Å². The molecule has 366 valence electrons. The van der Waals surface area contributed by atoms with E-state index in [0.29, 0.717) is 11.4 Å². The molecule has 11 rings (SSSR count). The molecule has 0 aliphatic rings. The number of fused-ring (bicyclic) bond motifs is 5. The molecule has 0 aliphatic carbocycles. The molecule has 0 unspecified atom stereocenters. The number of hydrogen-bond donors (Lipinski definition) is 1. The van der Waals surface area contributed by atoms with Crippen molar-refractivity contribution < 1.29 is 5.11 Å². The number of pyridine rings is 1. The minimum atomic E-state index is -0.348. The van der Waals surface area contributed by atoms with Gasteiger partial charge < -0.3 is 9.67 Å². The SMILES string of the molecule is Cn1c(-c2ccccc2)nc2cc3c(cc21)c1ccccc1n3-c1cc(C(C)(C)C)cc(-c2cccc3c2nc(-c2cc(C(C)(C)C)cc(C(C)(C)C)c2O)n3-c2ccc(C(C)(C)C)cc2-c2ccccc2)n1. The summed E-state index contributed by atoms with van der Waals surface area (Å²) in [5, 5.41) is 15.0. The van der Waals surface area contributed by atoms with E-state index < -0.39 is 0 Å². The number of para-hydroxylation sites is 2. The van der Waals surface area contributed by atoms with E-state index in [1.165, 1.54) is 5.56 Å². The minimum absolute atomic E-state index is 0.0947. The van der Waals surface area contributed by atoms with Crippen LogP contribution in [0, 0.1) is 0 Å². The standard InChI is InChI=1S/C66H66N6O/c1-63(2,3)42-31-32-54(47(33-42)40-23-16-14-17-24-40)72-55-30-22-28-46(59(55)69-62(72)49-34-43(64(4,5)6)35-50(60(49)73)66(10,11)12)51-36-44(65(7,8)9)37-58(67-51)71-53-29-21-20-27-45(53)48-38-57-52(39-56(48)71)68-61(70(57)13)41-25-18-15-19-26-41/h14-39,73H,1-13H3. The zero-order valence-electron chi connectivity index (χ0n) is 44.6. The van der Waals surface area contributed by atoms with Gasteiger partial charge in [-0.2, -0.15) is 0 Å². The summed E-state index contributed by atoms with van der Waals surface area (Å²) < 4.78 is 6.80. The van der Waals surface area contributed by atoms with E-state index in [1.807, 2.05) is 6.07 Å². The fourth-order valence-corrected chi connectivity index (χ4v) is 10.5. The Balaban J connectivity index is 1.22. The Morgan fingerprint density at radius 1 is 0.411 bits per heavy atom. The lowest BCUT2D eigenvalue weighted by atomic mass is 9.79. The lowest BCUT2D eigenvalue weighted by molar-refractivity contribution is 0.446. The van der Waals surface area contributed by atoms with Gasteiger partial charge >= 0.3 is 0 Å². The van der Waals surface area contributed by atoms with Gasteiger partial charge in [0.2, 0.25) is 0 Å². The van der Waals surface area contributed by atoms with Crippen molar-refractivity contribution in [2.75, 3.05) is 0 Å². The summed E-state index contributed by atoms with van der Waals surface area (Å²) in [6, 6.07) is 56.3. The first-order chi connectivity index (χ1) is 34.6. The van der Waals surface area contributed by atoms with E-state index in [9.17, 15) is 5.11 Å². The Kier molecular flexibility index (Phi) is 11.0. The summed E-state index contributed by atoms with van der Waals surface area (Å²) >= 11 is 0. The number of phenols is 1. The molecule has 11 aromatic rings. The van der Waals surface area contributed by atoms with Gasteiger partial charge in [-0.1, -0.05) is 186 Å². The van der Waals surface area contributed by atoms with E-state index >= 15 is 0 Å². The maximum Gasteiger partial charge on any atom is 0.149 e. The predicted octanol–water partition coefficient (Wildman–Crippen LogP) is 17.0. The van der Waals surface area contributed by atoms with Crippen LogP contribution in [0.1, 0.15) is 105 Å². The Labute approximate surface area is 429 Å². The average molecular weight is 959 g/mol. The number of benzene rings is 7. The van der Waals surface area contributed by atoms with E-state index in [2.05, 4.69) is 255 Å². The quantitative estimate of drug-likeness (QED) is 0.180. The zero-order chi connectivity index (χ0) is 51.5. The summed E-state index contributed by atoms with van der Waals surface area (Å²) in [7, 11) is 2.10. The number of nitrogens with zero attached hydrogens (tertiary/aromatic N) is 6. The summed E-state index contributed by atoms with van der Waals surface area (Å²) in [5.74, 6) is 2.65. The highest BCUT2D eigenvalue weighted by molar-refractivity contribution is 6.13. The van der Waals surface area contributed by atoms with Crippen molar-refractivity contribution >= 4 is 43.9 Å². The molecule has 0 bridgehead atoms. The van der Waals surface area contributed by atoms with Crippen LogP contribution in [-0.4, -0.2) is 33.8 Å². The lowest BCUT2D eigenvalue weighted by Gasteiger charge is -2.28. The number of rotatable bonds is 6. The van der Waals surface area contributed by atoms with Gasteiger partial charge in [0.1, 0.15) is 23.2 Å². The van der Waals surface area contributed by atoms with Crippen LogP contribution >= 0.6 is 0 Å². The van der Waals surface area contributed by atoms with Crippen LogP contribution < -0.4 is 0 Å². The first-order valence-electron chi connectivity index (χ1n) is 25.6. The lowest BCUT2D eigenvalue weighted by Crippen LogP contribution is -2.17. The number of aromatic nitrogens is 6. The number of hydrogen-bond acceptors (Lipinski definition) is 4. The monoisotopic (exact) mass is 959 g/mol. The molecule has 73 heavy (non-hydrogen) atoms. The van der Waals surface area contributed by atoms with Gasteiger partial charge in [-0.05, 0) is 98.5 Å². The van der Waals surface area contributed by atoms with Crippen LogP contribution in [0.15, 0.2) is 158 Å². The second-order valence-electron chi connectivity index (χ2n) is 24.1. The van der Waals surface area contributed by atoms with Gasteiger partial charge in [0.15, 0.2) is 0 Å². The van der Waals surface area contributed by atoms with Crippen LogP contribution in [0.2, 0.25) is 0 Å². The number of imidazole rings is 2. The molecule has 4 aromatic heterocycles. The Morgan fingerprint density at radius 2 is 1.03 bits per heavy atom. The Hall–Kier alpha value is -7.77. The maximum atomic E-state index is 12.7. The Morgan fingerprint density at radius 3 is 1.70 bits per heavy atom. The highest BCUT2D eigenvalue weighted by atomic mass is 16.3. The van der Waals surface area contributed by atoms with Crippen molar-refractivity contribution in [2.24, 2.45) is 7.05 Å². The second kappa shape index (κ2) is 16.9. The molecule has 0 saturated carbocycles. The van der Waals surface area contributed by atoms with Gasteiger partial charge in [-0.3, -0.25) is 9.13 Å². The van der Waals surface area contributed by atoms with Crippen molar-refractivity contribution in [3.63, 3.8) is 0 Å². The Bertz CT molecular complexity index is 3950. The maximum absolute atomic E-state index is 12.7. The molecule has 0 aliphatic heterocycles. The smallest absolute Gasteiger partial charge is 0.149 e. The van der Waals surface area contributed by atoms with Crippen molar-refractivity contribution in [3.8, 4) is 62.4 Å². The third-order valence-corrected chi connectivity index (χ3v) is 14.8. The molecule has 7 aromatic carbocycles. The van der Waals surface area contributed by atoms with E-state index in [4.69, 9.17) is 15.0 Å². The zero-order valence-corrected chi connectivity index (χ0v) is 44.6. The fraction of sp³-hybridized carbons (Fsp3) is 0.258. The fourth-order valence-electron chi connectivity index (χ4n) is 10.5. The molecular weight excluding hydrogens is 893 g/mol. The van der Waals surface area contributed by atoms with E-state index in [0.717, 1.165) is 106 Å². The molecule has 0 atom stereocenters. The van der Waals surface area contributed by atoms with Crippen molar-refractivity contribution in [3.05, 3.63) is 180 Å². The van der Waals surface area contributed by atoms with Crippen LogP contribution in [0.25, 0.3) is 101 Å². The van der Waals surface area contributed by atoms with Crippen molar-refractivity contribution in [1.29, 1.82) is 0 Å². The summed E-state index contributed by atoms with van der Waals surface area (Å²) in [6.45, 7) is 26.8. The molecular formula is C66H66N6O. The predicted molar refractivity (Wildman–Crippen MR) is 306 cm³/mol. The highest BCUT2D eigenvalue weighted by Crippen LogP contribution is 2.46. The molecule has 7 heteroatoms. The van der Waals surface area contributed by atoms with Crippen molar-refractivity contribution in [1.82, 2.24) is 28.7 Å². The first kappa shape index (κ1) is 47.5. The van der Waals surface area contributed by atoms with Gasteiger partial charge in [-0.15, -0.1) is 0 Å². The molecule has 0 saturated heterocycles. The van der Waals surface area contributed by atoms with Gasteiger partial charge in [0, 0.05) is 40.1 Å². The molecule has 1 N–H and O–H groups in total. The summed E-state index contributed by atoms with van der Waals surface area (Å²) in [6.07, 6.45) is 0. The highest BCUT2D eigenvalue weighted by Gasteiger charge is 2.31. The topological polar surface area (TPSA) is 73.7 Å². The molecule has 0 radical (unpaired) electrons. The number of aromatic hydroxyl groups is 1. The van der Waals surface area contributed by atoms with Gasteiger partial charge in [0.25, 0.3) is 0 Å². The first-order valence-corrected chi connectivity index (χ1v) is 25.6. The van der Waals surface area contributed by atoms with Crippen LogP contribution in [0.4, 0.5) is 0 Å². The van der Waals surface area contributed by atoms with Crippen LogP contribution in [0.3, 0.4) is 0 Å². The van der Waals surface area contributed by atoms with Crippen molar-refractivity contribution in [2.45, 2.75) is 105 Å². The largest absolute Gasteiger partial charge is 0.507 e. The average Bonchev–Trinajstić information content (AvgIpc) is 4.01. The molecule has 0 spiro atoms. The minimum Gasteiger partial charge on any atom is -0.507 e. The van der Waals surface area contributed by atoms with Crippen LogP contribution in [-0.2, 0) is 28.7 Å². The van der Waals surface area contributed by atoms with E-state index in [-0.39, 0.29) is 27.4 Å². The molecule has 4 heterocycles. The van der Waals surface area contributed by atoms with Gasteiger partial charge in [-0.25, -0.2) is 15.0 Å². The molecule has 0 amide bonds. The third-order valence-electron chi connectivity index (χ3n) is 14.8.